The van der Waals surface area contributed by atoms with Crippen molar-refractivity contribution in [2.75, 3.05) is 7.05 Å². The molecule has 0 amide bonds. The predicted octanol–water partition coefficient (Wildman–Crippen LogP) is 4.77. The van der Waals surface area contributed by atoms with Crippen LogP contribution >= 0.6 is 11.6 Å². The summed E-state index contributed by atoms with van der Waals surface area (Å²) in [6.45, 7) is 6.44. The van der Waals surface area contributed by atoms with Gasteiger partial charge in [-0.15, -0.1) is 10.2 Å². The molecule has 0 spiro atoms. The highest BCUT2D eigenvalue weighted by atomic mass is 35.5. The summed E-state index contributed by atoms with van der Waals surface area (Å²) in [4.78, 5) is 1.92. The number of rotatable bonds is 6. The number of likely N-dealkylation sites (N-methyl/N-ethyl adjacent to an activating group) is 1. The molecule has 0 atom stereocenters. The zero-order chi connectivity index (χ0) is 22.7. The zero-order valence-electron chi connectivity index (χ0n) is 18.0. The van der Waals surface area contributed by atoms with Crippen LogP contribution in [-0.2, 0) is 5.60 Å². The SMILES string of the molecule is C=C(/C(CC)=C1/C=C(c2nn[nH]n2)C(Cl)=CN1C)C(O)(c1ccccc1)c1ccccc1. The molecule has 0 fully saturated rings. The smallest absolute Gasteiger partial charge is 0.206 e. The Morgan fingerprint density at radius 3 is 2.19 bits per heavy atom. The van der Waals surface area contributed by atoms with Gasteiger partial charge in [0.05, 0.1) is 5.03 Å². The van der Waals surface area contributed by atoms with E-state index in [0.29, 0.717) is 28.4 Å². The average Bonchev–Trinajstić information content (AvgIpc) is 3.36. The van der Waals surface area contributed by atoms with E-state index in [2.05, 4.69) is 27.2 Å². The standard InChI is InChI=1S/C25H24ClN5O/c1-4-20(23-15-21(22(26)16-31(23)3)24-27-29-30-28-24)17(2)25(32,18-11-7-5-8-12-18)19-13-9-6-10-14-19/h5-16,32H,2,4H2,1,3H3,(H,27,28,29,30)/b23-20-. The van der Waals surface area contributed by atoms with Crippen molar-refractivity contribution >= 4 is 17.2 Å². The summed E-state index contributed by atoms with van der Waals surface area (Å²) < 4.78 is 0. The van der Waals surface area contributed by atoms with Crippen LogP contribution in [0.15, 0.2) is 101 Å². The van der Waals surface area contributed by atoms with E-state index >= 15 is 0 Å². The van der Waals surface area contributed by atoms with Gasteiger partial charge in [-0.25, -0.2) is 0 Å². The normalized spacial score (nSPS) is 15.8. The maximum Gasteiger partial charge on any atom is 0.206 e. The summed E-state index contributed by atoms with van der Waals surface area (Å²) in [5.41, 5.74) is 3.07. The number of aromatic amines is 1. The first-order valence-electron chi connectivity index (χ1n) is 10.3. The van der Waals surface area contributed by atoms with Crippen molar-refractivity contribution in [1.82, 2.24) is 25.5 Å². The van der Waals surface area contributed by atoms with Crippen LogP contribution in [0.2, 0.25) is 0 Å². The summed E-state index contributed by atoms with van der Waals surface area (Å²) in [5.74, 6) is 0.402. The maximum atomic E-state index is 12.2. The lowest BCUT2D eigenvalue weighted by atomic mass is 9.76. The van der Waals surface area contributed by atoms with Gasteiger partial charge in [0.25, 0.3) is 0 Å². The predicted molar refractivity (Wildman–Crippen MR) is 126 cm³/mol. The van der Waals surface area contributed by atoms with Gasteiger partial charge in [-0.3, -0.25) is 0 Å². The van der Waals surface area contributed by atoms with Crippen LogP contribution in [0.3, 0.4) is 0 Å². The Kier molecular flexibility index (Phi) is 6.08. The number of nitrogens with one attached hydrogen (secondary N) is 1. The minimum Gasteiger partial charge on any atom is -0.376 e. The summed E-state index contributed by atoms with van der Waals surface area (Å²) in [6, 6.07) is 19.2. The summed E-state index contributed by atoms with van der Waals surface area (Å²) in [6.07, 6.45) is 4.35. The number of nitrogens with zero attached hydrogens (tertiary/aromatic N) is 4. The molecule has 0 radical (unpaired) electrons. The quantitative estimate of drug-likeness (QED) is 0.571. The molecule has 0 saturated heterocycles. The fraction of sp³-hybridized carbons (Fsp3) is 0.160. The van der Waals surface area contributed by atoms with Gasteiger partial charge in [0.1, 0.15) is 5.60 Å². The van der Waals surface area contributed by atoms with Gasteiger partial charge in [-0.2, -0.15) is 5.21 Å². The second kappa shape index (κ2) is 8.94. The number of benzene rings is 2. The molecule has 0 aliphatic carbocycles. The van der Waals surface area contributed by atoms with Crippen molar-refractivity contribution in [1.29, 1.82) is 0 Å². The molecule has 4 rings (SSSR count). The molecular weight excluding hydrogens is 422 g/mol. The Labute approximate surface area is 192 Å². The van der Waals surface area contributed by atoms with Crippen LogP contribution in [0.5, 0.6) is 0 Å². The third kappa shape index (κ3) is 3.79. The van der Waals surface area contributed by atoms with Gasteiger partial charge < -0.3 is 10.0 Å². The highest BCUT2D eigenvalue weighted by molar-refractivity contribution is 6.37. The number of hydrogen-bond donors (Lipinski definition) is 2. The van der Waals surface area contributed by atoms with Gasteiger partial charge >= 0.3 is 0 Å². The lowest BCUT2D eigenvalue weighted by Gasteiger charge is -2.35. The first kappa shape index (κ1) is 21.7. The van der Waals surface area contributed by atoms with Crippen molar-refractivity contribution < 1.29 is 5.11 Å². The van der Waals surface area contributed by atoms with Crippen molar-refractivity contribution in [3.8, 4) is 0 Å². The van der Waals surface area contributed by atoms with E-state index in [-0.39, 0.29) is 0 Å². The highest BCUT2D eigenvalue weighted by Crippen LogP contribution is 2.42. The molecule has 2 heterocycles. The number of tetrazole rings is 1. The van der Waals surface area contributed by atoms with E-state index in [1.807, 2.05) is 85.6 Å². The van der Waals surface area contributed by atoms with E-state index in [1.165, 1.54) is 0 Å². The lowest BCUT2D eigenvalue weighted by molar-refractivity contribution is 0.123. The van der Waals surface area contributed by atoms with E-state index in [1.54, 1.807) is 6.20 Å². The molecule has 162 valence electrons. The summed E-state index contributed by atoms with van der Waals surface area (Å²) in [7, 11) is 1.91. The second-order valence-electron chi connectivity index (χ2n) is 7.52. The molecule has 2 N–H and O–H groups in total. The lowest BCUT2D eigenvalue weighted by Crippen LogP contribution is -2.31. The summed E-state index contributed by atoms with van der Waals surface area (Å²) in [5, 5.41) is 26.9. The van der Waals surface area contributed by atoms with Crippen LogP contribution in [0.25, 0.3) is 5.57 Å². The van der Waals surface area contributed by atoms with Crippen LogP contribution in [-0.4, -0.2) is 37.7 Å². The molecule has 1 aliphatic heterocycles. The van der Waals surface area contributed by atoms with Crippen molar-refractivity contribution in [2.24, 2.45) is 0 Å². The minimum absolute atomic E-state index is 0.402. The number of aromatic nitrogens is 4. The van der Waals surface area contributed by atoms with Gasteiger partial charge in [0, 0.05) is 24.5 Å². The fourth-order valence-electron chi connectivity index (χ4n) is 4.01. The van der Waals surface area contributed by atoms with Crippen molar-refractivity contribution in [2.45, 2.75) is 18.9 Å². The molecule has 32 heavy (non-hydrogen) atoms. The topological polar surface area (TPSA) is 77.9 Å². The van der Waals surface area contributed by atoms with Gasteiger partial charge in [0.2, 0.25) is 5.82 Å². The molecular formula is C25H24ClN5O. The molecule has 3 aromatic rings. The van der Waals surface area contributed by atoms with Crippen LogP contribution in [0.4, 0.5) is 0 Å². The average molecular weight is 446 g/mol. The highest BCUT2D eigenvalue weighted by Gasteiger charge is 2.37. The molecule has 0 saturated carbocycles. The fourth-order valence-corrected chi connectivity index (χ4v) is 4.29. The number of aliphatic hydroxyl groups is 1. The van der Waals surface area contributed by atoms with Gasteiger partial charge in [0.15, 0.2) is 0 Å². The molecule has 1 aliphatic rings. The van der Waals surface area contributed by atoms with E-state index in [9.17, 15) is 5.11 Å². The maximum absolute atomic E-state index is 12.2. The third-order valence-electron chi connectivity index (χ3n) is 5.66. The molecule has 0 unspecified atom stereocenters. The number of halogens is 1. The van der Waals surface area contributed by atoms with E-state index in [4.69, 9.17) is 11.6 Å². The van der Waals surface area contributed by atoms with Crippen LogP contribution in [0.1, 0.15) is 30.3 Å². The molecule has 2 aromatic carbocycles. The van der Waals surface area contributed by atoms with E-state index < -0.39 is 5.60 Å². The Hall–Kier alpha value is -3.48. The molecule has 6 nitrogen and oxygen atoms in total. The first-order chi connectivity index (χ1) is 15.5. The Balaban J connectivity index is 1.90. The second-order valence-corrected chi connectivity index (χ2v) is 7.93. The number of allylic oxidation sites excluding steroid dienone is 3. The zero-order valence-corrected chi connectivity index (χ0v) is 18.7. The van der Waals surface area contributed by atoms with Gasteiger partial charge in [-0.1, -0.05) is 85.8 Å². The summed E-state index contributed by atoms with van der Waals surface area (Å²) >= 11 is 6.48. The molecule has 1 aromatic heterocycles. The van der Waals surface area contributed by atoms with Crippen molar-refractivity contribution in [3.05, 3.63) is 118 Å². The molecule has 0 bridgehead atoms. The number of hydrogen-bond acceptors (Lipinski definition) is 5. The largest absolute Gasteiger partial charge is 0.376 e. The minimum atomic E-state index is -1.41. The van der Waals surface area contributed by atoms with E-state index in [0.717, 1.165) is 22.4 Å². The van der Waals surface area contributed by atoms with Crippen LogP contribution < -0.4 is 0 Å². The third-order valence-corrected chi connectivity index (χ3v) is 5.96. The number of H-pyrrole nitrogens is 1. The van der Waals surface area contributed by atoms with Crippen LogP contribution in [0, 0.1) is 0 Å². The Morgan fingerprint density at radius 1 is 1.09 bits per heavy atom. The Bertz CT molecular complexity index is 1160. The Morgan fingerprint density at radius 2 is 1.69 bits per heavy atom. The molecule has 7 heteroatoms. The van der Waals surface area contributed by atoms with Crippen molar-refractivity contribution in [3.63, 3.8) is 0 Å². The van der Waals surface area contributed by atoms with Gasteiger partial charge in [-0.05, 0) is 40.0 Å². The first-order valence-corrected chi connectivity index (χ1v) is 10.7. The monoisotopic (exact) mass is 445 g/mol.